The molecule has 1 heterocycles. The van der Waals surface area contributed by atoms with Gasteiger partial charge in [-0.05, 0) is 55.9 Å². The van der Waals surface area contributed by atoms with Crippen LogP contribution in [0.15, 0.2) is 73.8 Å². The van der Waals surface area contributed by atoms with E-state index < -0.39 is 35.6 Å². The van der Waals surface area contributed by atoms with Gasteiger partial charge in [0.05, 0.1) is 0 Å². The smallest absolute Gasteiger partial charge is 0.408 e. The molecule has 1 aromatic heterocycles. The lowest BCUT2D eigenvalue weighted by Crippen LogP contribution is -2.52. The Morgan fingerprint density at radius 2 is 1.46 bits per heavy atom. The van der Waals surface area contributed by atoms with Gasteiger partial charge in [0.15, 0.2) is 11.9 Å². The van der Waals surface area contributed by atoms with E-state index in [1.165, 1.54) is 12.1 Å². The highest BCUT2D eigenvalue weighted by Crippen LogP contribution is 2.21. The summed E-state index contributed by atoms with van der Waals surface area (Å²) in [7, 11) is 0. The molecule has 0 unspecified atom stereocenters. The third kappa shape index (κ3) is 12.4. The Balaban J connectivity index is 0.00000736. The number of nitrogens with zero attached hydrogens (tertiary/aromatic N) is 2. The van der Waals surface area contributed by atoms with Crippen molar-refractivity contribution >= 4 is 58.9 Å². The maximum Gasteiger partial charge on any atom is 0.408 e. The number of fused-ring (bicyclic) bond motifs is 1. The molecule has 11 N–H and O–H groups in total. The van der Waals surface area contributed by atoms with Crippen molar-refractivity contribution in [2.24, 2.45) is 32.9 Å². The zero-order valence-electron chi connectivity index (χ0n) is 25.4. The Labute approximate surface area is 271 Å². The van der Waals surface area contributed by atoms with E-state index in [0.29, 0.717) is 29.5 Å². The molecule has 2 aromatic carbocycles. The number of carbonyl (C=O) groups is 3. The van der Waals surface area contributed by atoms with Gasteiger partial charge in [-0.1, -0.05) is 30.3 Å². The average Bonchev–Trinajstić information content (AvgIpc) is 2.99. The lowest BCUT2D eigenvalue weighted by atomic mass is 10.1. The quantitative estimate of drug-likeness (QED) is 0.0534. The number of hydrogen-bond donors (Lipinski definition) is 7. The second-order valence-corrected chi connectivity index (χ2v) is 10.2. The summed E-state index contributed by atoms with van der Waals surface area (Å²) in [5, 5.41) is 8.75. The molecule has 0 saturated carbocycles. The summed E-state index contributed by atoms with van der Waals surface area (Å²) in [5.41, 5.74) is 23.2. The largest absolute Gasteiger partial charge is 0.445 e. The molecule has 248 valence electrons. The van der Waals surface area contributed by atoms with E-state index in [-0.39, 0.29) is 56.9 Å². The molecule has 0 aliphatic rings. The Bertz CT molecular complexity index is 1590. The van der Waals surface area contributed by atoms with Crippen molar-refractivity contribution in [3.05, 3.63) is 76.1 Å². The van der Waals surface area contributed by atoms with Gasteiger partial charge in [-0.2, -0.15) is 0 Å². The number of hydrogen-bond acceptors (Lipinski definition) is 8. The molecule has 3 rings (SSSR count). The van der Waals surface area contributed by atoms with Crippen LogP contribution in [0.1, 0.15) is 36.8 Å². The van der Waals surface area contributed by atoms with Crippen molar-refractivity contribution in [2.75, 3.05) is 18.4 Å². The molecule has 3 amide bonds. The molecule has 15 nitrogen and oxygen atoms in total. The average molecular weight is 658 g/mol. The van der Waals surface area contributed by atoms with E-state index in [4.69, 9.17) is 32.1 Å². The zero-order valence-corrected chi connectivity index (χ0v) is 26.2. The summed E-state index contributed by atoms with van der Waals surface area (Å²) in [4.78, 5) is 59.2. The van der Waals surface area contributed by atoms with Crippen LogP contribution in [0.4, 0.5) is 10.5 Å². The number of aliphatic imine (C=N–C) groups is 2. The summed E-state index contributed by atoms with van der Waals surface area (Å²) >= 11 is 0. The lowest BCUT2D eigenvalue weighted by molar-refractivity contribution is -0.128. The Kier molecular flexibility index (Phi) is 14.8. The van der Waals surface area contributed by atoms with Crippen molar-refractivity contribution in [3.63, 3.8) is 0 Å². The topological polar surface area (TPSA) is 256 Å². The molecule has 2 atom stereocenters. The van der Waals surface area contributed by atoms with Gasteiger partial charge in [0.2, 0.25) is 11.8 Å². The molecule has 0 aliphatic heterocycles. The maximum absolute atomic E-state index is 13.5. The van der Waals surface area contributed by atoms with Gasteiger partial charge in [-0.15, -0.1) is 12.4 Å². The number of rotatable bonds is 15. The summed E-state index contributed by atoms with van der Waals surface area (Å²) in [6, 6.07) is 13.2. The highest BCUT2D eigenvalue weighted by molar-refractivity contribution is 5.99. The molecule has 0 spiro atoms. The number of amides is 3. The maximum atomic E-state index is 13.5. The number of alkyl carbamates (subject to hydrolysis) is 1. The van der Waals surface area contributed by atoms with Crippen LogP contribution in [0.5, 0.6) is 0 Å². The summed E-state index contributed by atoms with van der Waals surface area (Å²) in [6.45, 7) is 2.20. The Morgan fingerprint density at radius 1 is 0.848 bits per heavy atom. The fourth-order valence-electron chi connectivity index (χ4n) is 4.36. The normalized spacial score (nSPS) is 11.7. The monoisotopic (exact) mass is 657 g/mol. The summed E-state index contributed by atoms with van der Waals surface area (Å²) in [5.74, 6) is -1.38. The predicted octanol–water partition coefficient (Wildman–Crippen LogP) is 1.35. The number of nitrogens with two attached hydrogens (primary N) is 4. The van der Waals surface area contributed by atoms with Gasteiger partial charge in [0.1, 0.15) is 24.3 Å². The van der Waals surface area contributed by atoms with E-state index in [2.05, 4.69) is 25.9 Å². The van der Waals surface area contributed by atoms with Crippen molar-refractivity contribution in [3.8, 4) is 0 Å². The molecule has 0 aliphatic carbocycles. The zero-order chi connectivity index (χ0) is 32.8. The molecule has 16 heteroatoms. The van der Waals surface area contributed by atoms with Crippen LogP contribution in [0, 0.1) is 6.92 Å². The first-order chi connectivity index (χ1) is 21.5. The minimum Gasteiger partial charge on any atom is -0.445 e. The van der Waals surface area contributed by atoms with Crippen molar-refractivity contribution in [1.29, 1.82) is 0 Å². The molecular weight excluding hydrogens is 618 g/mol. The van der Waals surface area contributed by atoms with Crippen LogP contribution < -0.4 is 44.5 Å². The standard InChI is InChI=1S/C30H39N9O6.ClH/c1-18-15-25(40)45-24-16-20(11-12-21(18)24)37-26(41)22(9-5-13-35-28(31)32)38-27(42)23(10-6-14-36-29(33)34)39-30(43)44-17-19-7-3-2-4-8-19;/h2-4,7-8,11-12,15-16,22-23H,5-6,9-10,13-14,17H2,1H3,(H,37,41)(H,38,42)(H,39,43)(H4,31,32,35)(H4,33,34,36);1H/t22-,23-;/m0./s1. The Morgan fingerprint density at radius 3 is 2.07 bits per heavy atom. The first-order valence-electron chi connectivity index (χ1n) is 14.3. The van der Waals surface area contributed by atoms with Gasteiger partial charge in [-0.3, -0.25) is 19.6 Å². The second-order valence-electron chi connectivity index (χ2n) is 10.2. The van der Waals surface area contributed by atoms with Crippen molar-refractivity contribution < 1.29 is 23.5 Å². The first kappa shape index (κ1) is 36.9. The molecule has 0 radical (unpaired) electrons. The molecule has 0 fully saturated rings. The molecular formula is C30H40ClN9O6. The Hall–Kier alpha value is -5.31. The number of carbonyl (C=O) groups excluding carboxylic acids is 3. The van der Waals surface area contributed by atoms with E-state index in [1.807, 2.05) is 18.2 Å². The summed E-state index contributed by atoms with van der Waals surface area (Å²) in [6.07, 6.45) is 0.188. The van der Waals surface area contributed by atoms with Gasteiger partial charge in [0.25, 0.3) is 0 Å². The number of nitrogens with one attached hydrogen (secondary N) is 3. The molecule has 0 saturated heterocycles. The van der Waals surface area contributed by atoms with Gasteiger partial charge in [-0.25, -0.2) is 9.59 Å². The number of anilines is 1. The predicted molar refractivity (Wildman–Crippen MR) is 178 cm³/mol. The third-order valence-electron chi connectivity index (χ3n) is 6.56. The molecule has 46 heavy (non-hydrogen) atoms. The highest BCUT2D eigenvalue weighted by atomic mass is 35.5. The fourth-order valence-corrected chi connectivity index (χ4v) is 4.36. The number of ether oxygens (including phenoxy) is 1. The minimum atomic E-state index is -1.08. The van der Waals surface area contributed by atoms with Crippen LogP contribution in [-0.2, 0) is 20.9 Å². The van der Waals surface area contributed by atoms with E-state index in [9.17, 15) is 19.2 Å². The number of aryl methyl sites for hydroxylation is 1. The van der Waals surface area contributed by atoms with Gasteiger partial charge in [0, 0.05) is 36.3 Å². The third-order valence-corrected chi connectivity index (χ3v) is 6.56. The SMILES string of the molecule is Cc1cc(=O)oc2cc(NC(=O)[C@H](CCCN=C(N)N)NC(=O)[C@H](CCCN=C(N)N)NC(=O)OCc3ccccc3)ccc12.Cl. The van der Waals surface area contributed by atoms with Crippen LogP contribution in [0.2, 0.25) is 0 Å². The van der Waals surface area contributed by atoms with Crippen molar-refractivity contribution in [1.82, 2.24) is 10.6 Å². The number of halogens is 1. The van der Waals surface area contributed by atoms with Crippen LogP contribution in [0.25, 0.3) is 11.0 Å². The van der Waals surface area contributed by atoms with Crippen molar-refractivity contribution in [2.45, 2.75) is 51.3 Å². The molecule has 0 bridgehead atoms. The van der Waals surface area contributed by atoms with Crippen LogP contribution in [-0.4, -0.2) is 55.0 Å². The first-order valence-corrected chi connectivity index (χ1v) is 14.3. The van der Waals surface area contributed by atoms with Gasteiger partial charge < -0.3 is 48.0 Å². The van der Waals surface area contributed by atoms with E-state index >= 15 is 0 Å². The minimum absolute atomic E-state index is 0. The fraction of sp³-hybridized carbons (Fsp3) is 0.333. The summed E-state index contributed by atoms with van der Waals surface area (Å²) < 4.78 is 10.6. The number of guanidine groups is 2. The lowest BCUT2D eigenvalue weighted by Gasteiger charge is -2.23. The van der Waals surface area contributed by atoms with Crippen LogP contribution >= 0.6 is 12.4 Å². The highest BCUT2D eigenvalue weighted by Gasteiger charge is 2.27. The molecule has 3 aromatic rings. The number of benzene rings is 2. The van der Waals surface area contributed by atoms with E-state index in [0.717, 1.165) is 11.1 Å². The van der Waals surface area contributed by atoms with Crippen LogP contribution in [0.3, 0.4) is 0 Å². The second kappa shape index (κ2) is 18.5. The van der Waals surface area contributed by atoms with Gasteiger partial charge >= 0.3 is 11.7 Å². The van der Waals surface area contributed by atoms with E-state index in [1.54, 1.807) is 31.2 Å².